The molecule has 7 heteroatoms. The summed E-state index contributed by atoms with van der Waals surface area (Å²) in [5.74, 6) is 10.3. The molecule has 7 nitrogen and oxygen atoms in total. The van der Waals surface area contributed by atoms with Crippen LogP contribution >= 0.6 is 0 Å². The van der Waals surface area contributed by atoms with Crippen molar-refractivity contribution in [3.05, 3.63) is 17.7 Å². The Hall–Kier alpha value is -1.99. The lowest BCUT2D eigenvalue weighted by Gasteiger charge is -2.17. The zero-order valence-corrected chi connectivity index (χ0v) is 12.0. The molecule has 0 amide bonds. The number of esters is 1. The number of ether oxygens (including phenoxy) is 2. The SMILES string of the molecule is CC(C)OC(=O)c1cc(ON)c(OC(C)C)c(ON)c1. The second-order valence-corrected chi connectivity index (χ2v) is 4.66. The van der Waals surface area contributed by atoms with E-state index in [1.165, 1.54) is 12.1 Å². The fourth-order valence-corrected chi connectivity index (χ4v) is 1.50. The van der Waals surface area contributed by atoms with Crippen LogP contribution in [0.5, 0.6) is 17.2 Å². The molecule has 0 fully saturated rings. The predicted octanol–water partition coefficient (Wildman–Crippen LogP) is 1.54. The van der Waals surface area contributed by atoms with E-state index in [1.54, 1.807) is 13.8 Å². The summed E-state index contributed by atoms with van der Waals surface area (Å²) >= 11 is 0. The van der Waals surface area contributed by atoms with Crippen molar-refractivity contribution in [3.8, 4) is 17.2 Å². The number of hydrogen-bond donors (Lipinski definition) is 2. The predicted molar refractivity (Wildman–Crippen MR) is 72.4 cm³/mol. The summed E-state index contributed by atoms with van der Waals surface area (Å²) in [5, 5.41) is 0. The van der Waals surface area contributed by atoms with Crippen LogP contribution in [-0.2, 0) is 4.74 Å². The maximum atomic E-state index is 11.9. The van der Waals surface area contributed by atoms with Crippen LogP contribution in [0.4, 0.5) is 0 Å². The maximum absolute atomic E-state index is 11.9. The summed E-state index contributed by atoms with van der Waals surface area (Å²) in [6.07, 6.45) is -0.398. The van der Waals surface area contributed by atoms with E-state index in [0.29, 0.717) is 0 Å². The molecule has 20 heavy (non-hydrogen) atoms. The number of nitrogens with two attached hydrogens (primary N) is 2. The van der Waals surface area contributed by atoms with Gasteiger partial charge in [-0.05, 0) is 27.7 Å². The molecular weight excluding hydrogens is 264 g/mol. The van der Waals surface area contributed by atoms with Crippen molar-refractivity contribution in [1.29, 1.82) is 0 Å². The zero-order chi connectivity index (χ0) is 15.3. The van der Waals surface area contributed by atoms with E-state index in [9.17, 15) is 4.79 Å². The van der Waals surface area contributed by atoms with Gasteiger partial charge in [0.25, 0.3) is 0 Å². The van der Waals surface area contributed by atoms with Crippen molar-refractivity contribution in [1.82, 2.24) is 0 Å². The monoisotopic (exact) mass is 284 g/mol. The molecule has 0 aliphatic rings. The summed E-state index contributed by atoms with van der Waals surface area (Å²) in [5.41, 5.74) is 0.204. The minimum atomic E-state index is -0.535. The lowest BCUT2D eigenvalue weighted by molar-refractivity contribution is 0.0376. The zero-order valence-electron chi connectivity index (χ0n) is 12.0. The first-order valence-corrected chi connectivity index (χ1v) is 6.18. The molecule has 112 valence electrons. The molecular formula is C13H20N2O5. The first kappa shape index (κ1) is 16.1. The Morgan fingerprint density at radius 2 is 1.50 bits per heavy atom. The highest BCUT2D eigenvalue weighted by atomic mass is 16.6. The van der Waals surface area contributed by atoms with Crippen LogP contribution in [0, 0.1) is 0 Å². The molecule has 4 N–H and O–H groups in total. The minimum absolute atomic E-state index is 0.136. The van der Waals surface area contributed by atoms with Crippen molar-refractivity contribution in [3.63, 3.8) is 0 Å². The molecule has 0 saturated carbocycles. The molecule has 0 heterocycles. The second-order valence-electron chi connectivity index (χ2n) is 4.66. The Morgan fingerprint density at radius 1 is 1.00 bits per heavy atom. The lowest BCUT2D eigenvalue weighted by Crippen LogP contribution is -2.16. The van der Waals surface area contributed by atoms with Gasteiger partial charge in [0, 0.05) is 12.1 Å². The molecule has 0 bridgehead atoms. The number of benzene rings is 1. The summed E-state index contributed by atoms with van der Waals surface area (Å²) in [7, 11) is 0. The van der Waals surface area contributed by atoms with Crippen LogP contribution in [0.1, 0.15) is 38.1 Å². The molecule has 0 aliphatic heterocycles. The number of carbonyl (C=O) groups excluding carboxylic acids is 1. The van der Waals surface area contributed by atoms with Crippen molar-refractivity contribution in [2.75, 3.05) is 0 Å². The molecule has 0 aliphatic carbocycles. The molecule has 1 aromatic carbocycles. The highest BCUT2D eigenvalue weighted by Crippen LogP contribution is 2.38. The van der Waals surface area contributed by atoms with Crippen molar-refractivity contribution in [2.45, 2.75) is 39.9 Å². The average Bonchev–Trinajstić information content (AvgIpc) is 2.37. The van der Waals surface area contributed by atoms with Crippen LogP contribution in [0.2, 0.25) is 0 Å². The van der Waals surface area contributed by atoms with E-state index in [4.69, 9.17) is 30.9 Å². The lowest BCUT2D eigenvalue weighted by atomic mass is 10.2. The van der Waals surface area contributed by atoms with Crippen molar-refractivity contribution >= 4 is 5.97 Å². The first-order chi connectivity index (χ1) is 9.38. The van der Waals surface area contributed by atoms with Gasteiger partial charge < -0.3 is 19.1 Å². The van der Waals surface area contributed by atoms with Gasteiger partial charge in [0.1, 0.15) is 0 Å². The smallest absolute Gasteiger partial charge is 0.338 e. The van der Waals surface area contributed by atoms with E-state index in [1.807, 2.05) is 13.8 Å². The van der Waals surface area contributed by atoms with Gasteiger partial charge in [-0.15, -0.1) is 0 Å². The Morgan fingerprint density at radius 3 is 1.85 bits per heavy atom. The van der Waals surface area contributed by atoms with Gasteiger partial charge in [0.05, 0.1) is 17.8 Å². The summed E-state index contributed by atoms with van der Waals surface area (Å²) in [4.78, 5) is 21.3. The highest BCUT2D eigenvalue weighted by Gasteiger charge is 2.20. The van der Waals surface area contributed by atoms with E-state index in [-0.39, 0.29) is 35.0 Å². The Balaban J connectivity index is 3.21. The fourth-order valence-electron chi connectivity index (χ4n) is 1.50. The van der Waals surface area contributed by atoms with Gasteiger partial charge in [-0.3, -0.25) is 0 Å². The summed E-state index contributed by atoms with van der Waals surface area (Å²) in [6, 6.07) is 2.82. The third-order valence-corrected chi connectivity index (χ3v) is 2.21. The molecule has 0 radical (unpaired) electrons. The van der Waals surface area contributed by atoms with E-state index < -0.39 is 5.97 Å². The topological polar surface area (TPSA) is 106 Å². The van der Waals surface area contributed by atoms with Crippen LogP contribution in [0.3, 0.4) is 0 Å². The largest absolute Gasteiger partial charge is 0.484 e. The Kier molecular flexibility index (Phi) is 5.60. The maximum Gasteiger partial charge on any atom is 0.338 e. The van der Waals surface area contributed by atoms with Crippen molar-refractivity contribution in [2.24, 2.45) is 11.8 Å². The van der Waals surface area contributed by atoms with Crippen LogP contribution in [0.25, 0.3) is 0 Å². The normalized spacial score (nSPS) is 10.6. The van der Waals surface area contributed by atoms with E-state index in [0.717, 1.165) is 0 Å². The average molecular weight is 284 g/mol. The highest BCUT2D eigenvalue weighted by molar-refractivity contribution is 5.91. The standard InChI is InChI=1S/C13H20N2O5/c1-7(2)17-12-10(19-14)5-9(6-11(12)20-15)13(16)18-8(3)4/h5-8H,14-15H2,1-4H3. The van der Waals surface area contributed by atoms with Crippen LogP contribution in [-0.4, -0.2) is 18.2 Å². The molecule has 1 rings (SSSR count). The molecule has 0 saturated heterocycles. The molecule has 0 atom stereocenters. The fraction of sp³-hybridized carbons (Fsp3) is 0.462. The number of rotatable bonds is 6. The number of carbonyl (C=O) groups is 1. The first-order valence-electron chi connectivity index (χ1n) is 6.18. The third kappa shape index (κ3) is 4.01. The molecule has 0 unspecified atom stereocenters. The van der Waals surface area contributed by atoms with E-state index in [2.05, 4.69) is 0 Å². The van der Waals surface area contributed by atoms with Gasteiger partial charge in [0.15, 0.2) is 11.5 Å². The van der Waals surface area contributed by atoms with Gasteiger partial charge in [0.2, 0.25) is 5.75 Å². The van der Waals surface area contributed by atoms with Crippen LogP contribution < -0.4 is 26.2 Å². The summed E-state index contributed by atoms with van der Waals surface area (Å²) < 4.78 is 10.6. The Labute approximate surface area is 117 Å². The van der Waals surface area contributed by atoms with Gasteiger partial charge in [-0.1, -0.05) is 0 Å². The second kappa shape index (κ2) is 6.97. The van der Waals surface area contributed by atoms with Gasteiger partial charge >= 0.3 is 5.97 Å². The van der Waals surface area contributed by atoms with Gasteiger partial charge in [-0.2, -0.15) is 11.8 Å². The minimum Gasteiger partial charge on any atom is -0.484 e. The summed E-state index contributed by atoms with van der Waals surface area (Å²) in [6.45, 7) is 7.13. The Bertz CT molecular complexity index is 449. The number of hydrogen-bond acceptors (Lipinski definition) is 7. The molecule has 0 aromatic heterocycles. The quantitative estimate of drug-likeness (QED) is 0.602. The van der Waals surface area contributed by atoms with Crippen molar-refractivity contribution < 1.29 is 23.9 Å². The molecule has 1 aromatic rings. The molecule has 0 spiro atoms. The van der Waals surface area contributed by atoms with Crippen LogP contribution in [0.15, 0.2) is 12.1 Å². The van der Waals surface area contributed by atoms with Gasteiger partial charge in [-0.25, -0.2) is 4.79 Å². The van der Waals surface area contributed by atoms with E-state index >= 15 is 0 Å². The third-order valence-electron chi connectivity index (χ3n) is 2.21.